The minimum Gasteiger partial charge on any atom is -0.435 e. The lowest BCUT2D eigenvalue weighted by Crippen LogP contribution is -2.13. The molecule has 78 valence electrons. The van der Waals surface area contributed by atoms with E-state index in [1.165, 1.54) is 44.6 Å². The maximum Gasteiger partial charge on any atom is 0.307 e. The van der Waals surface area contributed by atoms with Crippen molar-refractivity contribution < 1.29 is 9.53 Å². The molecule has 0 saturated heterocycles. The lowest BCUT2D eigenvalue weighted by Gasteiger charge is -2.25. The second-order valence-corrected chi connectivity index (χ2v) is 4.58. The van der Waals surface area contributed by atoms with Crippen molar-refractivity contribution in [2.24, 2.45) is 11.8 Å². The van der Waals surface area contributed by atoms with Crippen LogP contribution in [0.1, 0.15) is 45.4 Å². The Balaban J connectivity index is 2.04. The Labute approximate surface area is 85.3 Å². The summed E-state index contributed by atoms with van der Waals surface area (Å²) in [5, 5.41) is 0. The molecule has 14 heavy (non-hydrogen) atoms. The zero-order valence-electron chi connectivity index (χ0n) is 8.79. The van der Waals surface area contributed by atoms with Gasteiger partial charge in [0.05, 0.1) is 6.26 Å². The van der Waals surface area contributed by atoms with E-state index in [0.717, 1.165) is 12.3 Å². The number of carbonyl (C=O) groups excluding carboxylic acids is 1. The molecule has 0 aromatic carbocycles. The van der Waals surface area contributed by atoms with Crippen LogP contribution in [0.2, 0.25) is 0 Å². The molecule has 3 aliphatic rings. The zero-order chi connectivity index (χ0) is 9.97. The summed E-state index contributed by atoms with van der Waals surface area (Å²) in [6.07, 6.45) is 9.59. The average molecular weight is 194 g/mol. The van der Waals surface area contributed by atoms with Gasteiger partial charge < -0.3 is 4.74 Å². The predicted octanol–water partition coefficient (Wildman–Crippen LogP) is 3.03. The van der Waals surface area contributed by atoms with Gasteiger partial charge in [-0.3, -0.25) is 4.79 Å². The molecule has 0 heterocycles. The highest BCUT2D eigenvalue weighted by Crippen LogP contribution is 2.42. The van der Waals surface area contributed by atoms with E-state index in [4.69, 9.17) is 4.74 Å². The van der Waals surface area contributed by atoms with Crippen LogP contribution in [0.3, 0.4) is 0 Å². The van der Waals surface area contributed by atoms with E-state index in [1.807, 2.05) is 0 Å². The molecule has 3 rings (SSSR count). The number of carbonyl (C=O) groups is 1. The van der Waals surface area contributed by atoms with Gasteiger partial charge in [0.25, 0.3) is 0 Å². The summed E-state index contributed by atoms with van der Waals surface area (Å²) in [4.78, 5) is 10.7. The molecule has 2 unspecified atom stereocenters. The van der Waals surface area contributed by atoms with Crippen molar-refractivity contribution in [3.05, 3.63) is 11.8 Å². The van der Waals surface area contributed by atoms with E-state index in [0.29, 0.717) is 5.92 Å². The molecule has 3 saturated carbocycles. The van der Waals surface area contributed by atoms with Crippen molar-refractivity contribution in [3.63, 3.8) is 0 Å². The molecule has 2 atom stereocenters. The summed E-state index contributed by atoms with van der Waals surface area (Å²) in [7, 11) is 0. The molecule has 0 aliphatic heterocycles. The van der Waals surface area contributed by atoms with Gasteiger partial charge in [-0.15, -0.1) is 0 Å². The normalized spacial score (nSPS) is 34.2. The standard InChI is InChI=1S/C12H18O2/c1-9(13)14-8-12-7-10-3-2-4-11(12)6-5-10/h8,10-11H,2-7H2,1H3. The van der Waals surface area contributed by atoms with Crippen molar-refractivity contribution >= 4 is 5.97 Å². The molecular formula is C12H18O2. The Morgan fingerprint density at radius 1 is 1.36 bits per heavy atom. The highest BCUT2D eigenvalue weighted by atomic mass is 16.5. The second-order valence-electron chi connectivity index (χ2n) is 4.58. The van der Waals surface area contributed by atoms with Crippen LogP contribution in [0.5, 0.6) is 0 Å². The molecule has 2 heteroatoms. The highest BCUT2D eigenvalue weighted by molar-refractivity contribution is 5.66. The molecule has 0 aromatic heterocycles. The number of allylic oxidation sites excluding steroid dienone is 1. The molecule has 2 nitrogen and oxygen atoms in total. The van der Waals surface area contributed by atoms with Crippen molar-refractivity contribution in [3.8, 4) is 0 Å². The molecule has 0 amide bonds. The largest absolute Gasteiger partial charge is 0.435 e. The monoisotopic (exact) mass is 194 g/mol. The third-order valence-corrected chi connectivity index (χ3v) is 3.51. The van der Waals surface area contributed by atoms with Gasteiger partial charge in [-0.05, 0) is 43.1 Å². The molecule has 0 N–H and O–H groups in total. The minimum atomic E-state index is -0.197. The quantitative estimate of drug-likeness (QED) is 0.473. The molecule has 0 spiro atoms. The van der Waals surface area contributed by atoms with Crippen LogP contribution in [0.25, 0.3) is 0 Å². The van der Waals surface area contributed by atoms with E-state index in [2.05, 4.69) is 0 Å². The summed E-state index contributed by atoms with van der Waals surface area (Å²) in [6.45, 7) is 1.46. The fourth-order valence-electron chi connectivity index (χ4n) is 2.76. The summed E-state index contributed by atoms with van der Waals surface area (Å²) < 4.78 is 4.99. The number of esters is 1. The topological polar surface area (TPSA) is 26.3 Å². The molecular weight excluding hydrogens is 176 g/mol. The van der Waals surface area contributed by atoms with E-state index in [-0.39, 0.29) is 5.97 Å². The molecule has 2 bridgehead atoms. The smallest absolute Gasteiger partial charge is 0.307 e. The van der Waals surface area contributed by atoms with Crippen LogP contribution in [0, 0.1) is 11.8 Å². The van der Waals surface area contributed by atoms with E-state index in [9.17, 15) is 4.79 Å². The Hall–Kier alpha value is -0.790. The average Bonchev–Trinajstić information content (AvgIpc) is 2.48. The first-order valence-corrected chi connectivity index (χ1v) is 5.62. The fourth-order valence-corrected chi connectivity index (χ4v) is 2.76. The summed E-state index contributed by atoms with van der Waals surface area (Å²) in [6, 6.07) is 0. The lowest BCUT2D eigenvalue weighted by atomic mass is 9.80. The number of hydrogen-bond donors (Lipinski definition) is 0. The van der Waals surface area contributed by atoms with Gasteiger partial charge in [0.15, 0.2) is 0 Å². The zero-order valence-corrected chi connectivity index (χ0v) is 8.79. The summed E-state index contributed by atoms with van der Waals surface area (Å²) >= 11 is 0. The first-order chi connectivity index (χ1) is 6.75. The Kier molecular flexibility index (Phi) is 2.90. The predicted molar refractivity (Wildman–Crippen MR) is 54.5 cm³/mol. The summed E-state index contributed by atoms with van der Waals surface area (Å²) in [5.41, 5.74) is 1.38. The van der Waals surface area contributed by atoms with E-state index >= 15 is 0 Å². The third kappa shape index (κ3) is 2.17. The Bertz CT molecular complexity index is 251. The van der Waals surface area contributed by atoms with Crippen molar-refractivity contribution in [2.75, 3.05) is 0 Å². The first kappa shape index (κ1) is 9.75. The van der Waals surface area contributed by atoms with E-state index in [1.54, 1.807) is 6.26 Å². The maximum absolute atomic E-state index is 10.7. The maximum atomic E-state index is 10.7. The van der Waals surface area contributed by atoms with Crippen LogP contribution in [-0.4, -0.2) is 5.97 Å². The third-order valence-electron chi connectivity index (χ3n) is 3.51. The molecule has 0 aromatic rings. The highest BCUT2D eigenvalue weighted by Gasteiger charge is 2.29. The van der Waals surface area contributed by atoms with Crippen LogP contribution < -0.4 is 0 Å². The number of rotatable bonds is 1. The van der Waals surface area contributed by atoms with Crippen LogP contribution in [0.4, 0.5) is 0 Å². The van der Waals surface area contributed by atoms with Gasteiger partial charge in [-0.25, -0.2) is 0 Å². The van der Waals surface area contributed by atoms with Crippen molar-refractivity contribution in [1.82, 2.24) is 0 Å². The van der Waals surface area contributed by atoms with Gasteiger partial charge in [-0.2, -0.15) is 0 Å². The minimum absolute atomic E-state index is 0.197. The van der Waals surface area contributed by atoms with Crippen molar-refractivity contribution in [1.29, 1.82) is 0 Å². The molecule has 3 fully saturated rings. The first-order valence-electron chi connectivity index (χ1n) is 5.62. The fraction of sp³-hybridized carbons (Fsp3) is 0.750. The van der Waals surface area contributed by atoms with Gasteiger partial charge in [-0.1, -0.05) is 12.8 Å². The number of hydrogen-bond acceptors (Lipinski definition) is 2. The van der Waals surface area contributed by atoms with Crippen LogP contribution >= 0.6 is 0 Å². The van der Waals surface area contributed by atoms with Crippen LogP contribution in [-0.2, 0) is 9.53 Å². The molecule has 3 aliphatic carbocycles. The Morgan fingerprint density at radius 2 is 2.21 bits per heavy atom. The van der Waals surface area contributed by atoms with Gasteiger partial charge in [0.2, 0.25) is 0 Å². The van der Waals surface area contributed by atoms with Gasteiger partial charge in [0, 0.05) is 6.92 Å². The van der Waals surface area contributed by atoms with Gasteiger partial charge in [0.1, 0.15) is 0 Å². The summed E-state index contributed by atoms with van der Waals surface area (Å²) in [5.74, 6) is 1.36. The second kappa shape index (κ2) is 4.16. The number of ether oxygens (including phenoxy) is 1. The van der Waals surface area contributed by atoms with Crippen LogP contribution in [0.15, 0.2) is 11.8 Å². The van der Waals surface area contributed by atoms with E-state index < -0.39 is 0 Å². The lowest BCUT2D eigenvalue weighted by molar-refractivity contribution is -0.135. The SMILES string of the molecule is CC(=O)OC=C1CC2CCCC1CC2. The van der Waals surface area contributed by atoms with Gasteiger partial charge >= 0.3 is 5.97 Å². The van der Waals surface area contributed by atoms with Crippen molar-refractivity contribution in [2.45, 2.75) is 45.4 Å². The Morgan fingerprint density at radius 3 is 3.00 bits per heavy atom. The number of fused-ring (bicyclic) bond motifs is 4. The molecule has 0 radical (unpaired) electrons.